The van der Waals surface area contributed by atoms with Crippen molar-refractivity contribution in [1.29, 1.82) is 0 Å². The van der Waals surface area contributed by atoms with Crippen molar-refractivity contribution in [3.8, 4) is 0 Å². The molecule has 0 aliphatic carbocycles. The molecule has 2 fully saturated rings. The number of amides is 1. The zero-order valence-corrected chi connectivity index (χ0v) is 10.1. The molecule has 0 radical (unpaired) electrons. The summed E-state index contributed by atoms with van der Waals surface area (Å²) in [6.45, 7) is 2.74. The molecule has 0 bridgehead atoms. The van der Waals surface area contributed by atoms with Crippen molar-refractivity contribution in [3.63, 3.8) is 0 Å². The maximum absolute atomic E-state index is 12.0. The highest BCUT2D eigenvalue weighted by Gasteiger charge is 2.39. The summed E-state index contributed by atoms with van der Waals surface area (Å²) in [7, 11) is 0. The Morgan fingerprint density at radius 1 is 1.28 bits per heavy atom. The smallest absolute Gasteiger partial charge is 0.292 e. The van der Waals surface area contributed by atoms with Crippen molar-refractivity contribution in [2.75, 3.05) is 26.3 Å². The highest BCUT2D eigenvalue weighted by Crippen LogP contribution is 2.31. The van der Waals surface area contributed by atoms with E-state index in [-0.39, 0.29) is 11.7 Å². The molecule has 0 N–H and O–H groups in total. The van der Waals surface area contributed by atoms with Gasteiger partial charge in [-0.3, -0.25) is 4.79 Å². The van der Waals surface area contributed by atoms with Crippen molar-refractivity contribution in [2.45, 2.75) is 25.0 Å². The normalized spacial score (nSPS) is 23.2. The van der Waals surface area contributed by atoms with E-state index in [4.69, 9.17) is 14.0 Å². The molecule has 1 spiro atoms. The second-order valence-corrected chi connectivity index (χ2v) is 4.63. The number of carbonyl (C=O) groups is 1. The van der Waals surface area contributed by atoms with Gasteiger partial charge in [0.15, 0.2) is 5.79 Å². The third-order valence-electron chi connectivity index (χ3n) is 3.48. The van der Waals surface area contributed by atoms with Gasteiger partial charge in [0.2, 0.25) is 5.76 Å². The summed E-state index contributed by atoms with van der Waals surface area (Å²) in [6, 6.07) is 1.58. The van der Waals surface area contributed by atoms with Gasteiger partial charge in [-0.2, -0.15) is 0 Å². The fourth-order valence-electron chi connectivity index (χ4n) is 2.44. The van der Waals surface area contributed by atoms with Gasteiger partial charge in [0.1, 0.15) is 0 Å². The Kier molecular flexibility index (Phi) is 3.05. The van der Waals surface area contributed by atoms with Gasteiger partial charge in [0.05, 0.1) is 19.4 Å². The molecule has 1 amide bonds. The first-order chi connectivity index (χ1) is 8.79. The van der Waals surface area contributed by atoms with Gasteiger partial charge in [-0.05, 0) is 6.42 Å². The number of likely N-dealkylation sites (tertiary alicyclic amines) is 1. The van der Waals surface area contributed by atoms with Gasteiger partial charge in [-0.1, -0.05) is 5.16 Å². The molecule has 0 unspecified atom stereocenters. The van der Waals surface area contributed by atoms with Crippen LogP contribution in [0.25, 0.3) is 0 Å². The molecule has 0 atom stereocenters. The van der Waals surface area contributed by atoms with E-state index < -0.39 is 5.79 Å². The summed E-state index contributed by atoms with van der Waals surface area (Å²) in [4.78, 5) is 13.8. The summed E-state index contributed by atoms with van der Waals surface area (Å²) in [5, 5.41) is 3.55. The van der Waals surface area contributed by atoms with E-state index in [1.165, 1.54) is 6.20 Å². The number of hydrogen-bond donors (Lipinski definition) is 0. The molecule has 0 saturated carbocycles. The molecule has 6 heteroatoms. The minimum atomic E-state index is -0.462. The molecule has 1 aromatic heterocycles. The average molecular weight is 252 g/mol. The van der Waals surface area contributed by atoms with Crippen LogP contribution < -0.4 is 0 Å². The maximum atomic E-state index is 12.0. The quantitative estimate of drug-likeness (QED) is 0.747. The molecule has 98 valence electrons. The van der Waals surface area contributed by atoms with Crippen LogP contribution in [0, 0.1) is 0 Å². The molecule has 0 aromatic carbocycles. The number of nitrogens with zero attached hydrogens (tertiary/aromatic N) is 2. The molecule has 18 heavy (non-hydrogen) atoms. The Hall–Kier alpha value is -1.40. The first-order valence-electron chi connectivity index (χ1n) is 6.27. The Morgan fingerprint density at radius 3 is 2.61 bits per heavy atom. The zero-order valence-electron chi connectivity index (χ0n) is 10.1. The number of carbonyl (C=O) groups excluding carboxylic acids is 1. The number of hydrogen-bond acceptors (Lipinski definition) is 5. The third kappa shape index (κ3) is 2.13. The first kappa shape index (κ1) is 11.7. The van der Waals surface area contributed by atoms with Crippen LogP contribution in [0.2, 0.25) is 0 Å². The van der Waals surface area contributed by atoms with E-state index in [0.29, 0.717) is 25.9 Å². The van der Waals surface area contributed by atoms with E-state index in [9.17, 15) is 4.79 Å². The standard InChI is InChI=1S/C12H16N2O4/c15-11(10-2-5-13-18-10)14-6-3-12(4-7-14)16-8-1-9-17-12/h2,5H,1,3-4,6-9H2. The van der Waals surface area contributed by atoms with Gasteiger partial charge in [0.25, 0.3) is 5.91 Å². The van der Waals surface area contributed by atoms with Crippen LogP contribution in [-0.4, -0.2) is 48.1 Å². The lowest BCUT2D eigenvalue weighted by atomic mass is 10.0. The molecule has 3 rings (SSSR count). The van der Waals surface area contributed by atoms with Gasteiger partial charge in [0, 0.05) is 32.0 Å². The lowest BCUT2D eigenvalue weighted by Crippen LogP contribution is -2.51. The van der Waals surface area contributed by atoms with E-state index >= 15 is 0 Å². The predicted molar refractivity (Wildman–Crippen MR) is 60.9 cm³/mol. The van der Waals surface area contributed by atoms with Crippen LogP contribution in [0.3, 0.4) is 0 Å². The van der Waals surface area contributed by atoms with Crippen LogP contribution in [0.15, 0.2) is 16.8 Å². The molecule has 2 aliphatic heterocycles. The number of rotatable bonds is 1. The van der Waals surface area contributed by atoms with Crippen molar-refractivity contribution in [1.82, 2.24) is 10.1 Å². The molecular formula is C12H16N2O4. The Labute approximate surface area is 105 Å². The van der Waals surface area contributed by atoms with E-state index in [2.05, 4.69) is 5.16 Å². The summed E-state index contributed by atoms with van der Waals surface area (Å²) in [6.07, 6.45) is 3.86. The predicted octanol–water partition coefficient (Wildman–Crippen LogP) is 1.04. The first-order valence-corrected chi connectivity index (χ1v) is 6.27. The van der Waals surface area contributed by atoms with Crippen LogP contribution in [0.4, 0.5) is 0 Å². The molecule has 6 nitrogen and oxygen atoms in total. The fraction of sp³-hybridized carbons (Fsp3) is 0.667. The van der Waals surface area contributed by atoms with Crippen molar-refractivity contribution in [2.24, 2.45) is 0 Å². The SMILES string of the molecule is O=C(c1ccno1)N1CCC2(CC1)OCCCO2. The van der Waals surface area contributed by atoms with Gasteiger partial charge >= 0.3 is 0 Å². The van der Waals surface area contributed by atoms with E-state index in [0.717, 1.165) is 19.6 Å². The zero-order chi connectivity index (χ0) is 12.4. The number of aromatic nitrogens is 1. The molecule has 2 aliphatic rings. The molecule has 1 aromatic rings. The van der Waals surface area contributed by atoms with Gasteiger partial charge < -0.3 is 18.9 Å². The number of ether oxygens (including phenoxy) is 2. The monoisotopic (exact) mass is 252 g/mol. The number of piperidine rings is 1. The van der Waals surface area contributed by atoms with Crippen molar-refractivity contribution >= 4 is 5.91 Å². The topological polar surface area (TPSA) is 64.8 Å². The Bertz CT molecular complexity index is 402. The molecule has 3 heterocycles. The Balaban J connectivity index is 1.61. The second-order valence-electron chi connectivity index (χ2n) is 4.63. The minimum absolute atomic E-state index is 0.113. The highest BCUT2D eigenvalue weighted by atomic mass is 16.7. The third-order valence-corrected chi connectivity index (χ3v) is 3.48. The van der Waals surface area contributed by atoms with Crippen molar-refractivity contribution < 1.29 is 18.8 Å². The van der Waals surface area contributed by atoms with E-state index in [1.807, 2.05) is 0 Å². The Morgan fingerprint density at radius 2 is 2.00 bits per heavy atom. The summed E-state index contributed by atoms with van der Waals surface area (Å²) >= 11 is 0. The summed E-state index contributed by atoms with van der Waals surface area (Å²) in [5.74, 6) is -0.286. The van der Waals surface area contributed by atoms with Crippen molar-refractivity contribution in [3.05, 3.63) is 18.0 Å². The van der Waals surface area contributed by atoms with Crippen LogP contribution in [-0.2, 0) is 9.47 Å². The van der Waals surface area contributed by atoms with Gasteiger partial charge in [-0.15, -0.1) is 0 Å². The lowest BCUT2D eigenvalue weighted by molar-refractivity contribution is -0.281. The van der Waals surface area contributed by atoms with Crippen LogP contribution >= 0.6 is 0 Å². The molecule has 2 saturated heterocycles. The largest absolute Gasteiger partial charge is 0.351 e. The fourth-order valence-corrected chi connectivity index (χ4v) is 2.44. The minimum Gasteiger partial charge on any atom is -0.351 e. The molecular weight excluding hydrogens is 236 g/mol. The summed E-state index contributed by atoms with van der Waals surface area (Å²) in [5.41, 5.74) is 0. The lowest BCUT2D eigenvalue weighted by Gasteiger charge is -2.43. The van der Waals surface area contributed by atoms with Crippen LogP contribution in [0.5, 0.6) is 0 Å². The van der Waals surface area contributed by atoms with Gasteiger partial charge in [-0.25, -0.2) is 0 Å². The average Bonchev–Trinajstić information content (AvgIpc) is 2.94. The van der Waals surface area contributed by atoms with E-state index in [1.54, 1.807) is 11.0 Å². The summed E-state index contributed by atoms with van der Waals surface area (Å²) < 4.78 is 16.3. The highest BCUT2D eigenvalue weighted by molar-refractivity contribution is 5.91. The van der Waals surface area contributed by atoms with Crippen LogP contribution in [0.1, 0.15) is 29.8 Å². The maximum Gasteiger partial charge on any atom is 0.292 e. The second kappa shape index (κ2) is 4.70.